The molecule has 0 atom stereocenters. The first kappa shape index (κ1) is 17.4. The predicted octanol–water partition coefficient (Wildman–Crippen LogP) is 2.29. The summed E-state index contributed by atoms with van der Waals surface area (Å²) in [7, 11) is 1.64. The number of nitrogens with zero attached hydrogens (tertiary/aromatic N) is 5. The minimum Gasteiger partial charge on any atom is -0.333 e. The van der Waals surface area contributed by atoms with Gasteiger partial charge in [-0.1, -0.05) is 18.0 Å². The van der Waals surface area contributed by atoms with E-state index < -0.39 is 0 Å². The van der Waals surface area contributed by atoms with E-state index >= 15 is 0 Å². The van der Waals surface area contributed by atoms with Crippen LogP contribution in [0.3, 0.4) is 0 Å². The van der Waals surface area contributed by atoms with Crippen LogP contribution < -0.4 is 4.90 Å². The Morgan fingerprint density at radius 2 is 2.20 bits per heavy atom. The van der Waals surface area contributed by atoms with E-state index in [-0.39, 0.29) is 23.5 Å². The third kappa shape index (κ3) is 3.99. The largest absolute Gasteiger partial charge is 0.333 e. The molecule has 0 radical (unpaired) electrons. The maximum atomic E-state index is 12.6. The summed E-state index contributed by atoms with van der Waals surface area (Å²) in [6, 6.07) is 3.64. The fourth-order valence-electron chi connectivity index (χ4n) is 2.80. The Bertz CT molecular complexity index is 762. The quantitative estimate of drug-likeness (QED) is 0.837. The maximum Gasteiger partial charge on any atom is 0.246 e. The van der Waals surface area contributed by atoms with Crippen LogP contribution in [0, 0.1) is 0 Å². The summed E-state index contributed by atoms with van der Waals surface area (Å²) >= 11 is 6.20. The molecule has 1 saturated heterocycles. The number of rotatable bonds is 4. The molecule has 2 aromatic heterocycles. The van der Waals surface area contributed by atoms with Crippen molar-refractivity contribution in [3.05, 3.63) is 35.9 Å². The molecule has 2 aromatic rings. The van der Waals surface area contributed by atoms with Crippen molar-refractivity contribution in [3.63, 3.8) is 0 Å². The van der Waals surface area contributed by atoms with Gasteiger partial charge in [-0.05, 0) is 25.0 Å². The van der Waals surface area contributed by atoms with Crippen LogP contribution in [-0.4, -0.2) is 51.6 Å². The molecule has 0 spiro atoms. The Kier molecular flexibility index (Phi) is 5.33. The normalized spacial score (nSPS) is 15.1. The number of amides is 2. The Morgan fingerprint density at radius 3 is 2.96 bits per heavy atom. The number of hydrogen-bond acceptors (Lipinski definition) is 4. The summed E-state index contributed by atoms with van der Waals surface area (Å²) in [4.78, 5) is 31.8. The van der Waals surface area contributed by atoms with Crippen LogP contribution in [0.15, 0.2) is 30.7 Å². The van der Waals surface area contributed by atoms with E-state index in [0.717, 1.165) is 24.9 Å². The second-order valence-electron chi connectivity index (χ2n) is 6.04. The van der Waals surface area contributed by atoms with Gasteiger partial charge in [-0.15, -0.1) is 0 Å². The van der Waals surface area contributed by atoms with Crippen molar-refractivity contribution in [1.82, 2.24) is 19.7 Å². The molecule has 7 nitrogen and oxygen atoms in total. The van der Waals surface area contributed by atoms with Crippen LogP contribution in [0.4, 0.5) is 5.69 Å². The van der Waals surface area contributed by atoms with E-state index in [0.29, 0.717) is 18.7 Å². The van der Waals surface area contributed by atoms with Gasteiger partial charge in [0.2, 0.25) is 11.8 Å². The highest BCUT2D eigenvalue weighted by Crippen LogP contribution is 2.25. The van der Waals surface area contributed by atoms with Crippen molar-refractivity contribution < 1.29 is 9.59 Å². The summed E-state index contributed by atoms with van der Waals surface area (Å²) in [6.45, 7) is 0.685. The number of likely N-dealkylation sites (N-methyl/N-ethyl adjacent to an activating group) is 1. The SMILES string of the molecule is CN(C(=O)CN1CCCCCC1=O)c1cn(-c2cccnc2)nc1Cl. The lowest BCUT2D eigenvalue weighted by molar-refractivity contribution is -0.134. The zero-order valence-electron chi connectivity index (χ0n) is 14.1. The van der Waals surface area contributed by atoms with Crippen molar-refractivity contribution in [2.45, 2.75) is 25.7 Å². The second kappa shape index (κ2) is 7.65. The number of halogens is 1. The fourth-order valence-corrected chi connectivity index (χ4v) is 3.06. The van der Waals surface area contributed by atoms with Gasteiger partial charge in [-0.2, -0.15) is 5.10 Å². The Balaban J connectivity index is 1.74. The molecule has 0 bridgehead atoms. The van der Waals surface area contributed by atoms with Crippen molar-refractivity contribution >= 4 is 29.1 Å². The molecule has 2 amide bonds. The van der Waals surface area contributed by atoms with Crippen LogP contribution in [0.25, 0.3) is 5.69 Å². The number of likely N-dealkylation sites (tertiary alicyclic amines) is 1. The average Bonchev–Trinajstić information content (AvgIpc) is 2.90. The maximum absolute atomic E-state index is 12.6. The number of aromatic nitrogens is 3. The van der Waals surface area contributed by atoms with Gasteiger partial charge in [0.15, 0.2) is 5.15 Å². The molecule has 0 saturated carbocycles. The topological polar surface area (TPSA) is 71.3 Å². The molecule has 1 aliphatic heterocycles. The third-order valence-corrected chi connectivity index (χ3v) is 4.56. The predicted molar refractivity (Wildman–Crippen MR) is 94.8 cm³/mol. The summed E-state index contributed by atoms with van der Waals surface area (Å²) in [5.41, 5.74) is 1.25. The van der Waals surface area contributed by atoms with E-state index in [2.05, 4.69) is 10.1 Å². The molecule has 0 unspecified atom stereocenters. The molecule has 0 N–H and O–H groups in total. The van der Waals surface area contributed by atoms with Crippen LogP contribution in [-0.2, 0) is 9.59 Å². The van der Waals surface area contributed by atoms with Gasteiger partial charge in [0.05, 0.1) is 18.1 Å². The van der Waals surface area contributed by atoms with Crippen molar-refractivity contribution in [2.24, 2.45) is 0 Å². The molecule has 3 heterocycles. The van der Waals surface area contributed by atoms with Crippen LogP contribution in [0.1, 0.15) is 25.7 Å². The van der Waals surface area contributed by atoms with Gasteiger partial charge in [-0.25, -0.2) is 4.68 Å². The van der Waals surface area contributed by atoms with Crippen LogP contribution in [0.5, 0.6) is 0 Å². The number of carbonyl (C=O) groups is 2. The molecule has 1 fully saturated rings. The van der Waals surface area contributed by atoms with Gasteiger partial charge >= 0.3 is 0 Å². The zero-order valence-corrected chi connectivity index (χ0v) is 14.8. The Hall–Kier alpha value is -2.41. The van der Waals surface area contributed by atoms with Crippen molar-refractivity contribution in [2.75, 3.05) is 25.0 Å². The highest BCUT2D eigenvalue weighted by atomic mass is 35.5. The van der Waals surface area contributed by atoms with Crippen LogP contribution >= 0.6 is 11.6 Å². The van der Waals surface area contributed by atoms with Gasteiger partial charge < -0.3 is 9.80 Å². The third-order valence-electron chi connectivity index (χ3n) is 4.29. The standard InChI is InChI=1S/C17H20ClN5O2/c1-21(16(25)12-22-9-4-2-3-7-15(22)24)14-11-23(20-17(14)18)13-6-5-8-19-10-13/h5-6,8,10-11H,2-4,7,9,12H2,1H3. The molecule has 0 aliphatic carbocycles. The summed E-state index contributed by atoms with van der Waals surface area (Å²) < 4.78 is 1.57. The molecule has 25 heavy (non-hydrogen) atoms. The average molecular weight is 362 g/mol. The van der Waals surface area contributed by atoms with E-state index in [1.807, 2.05) is 6.07 Å². The molecule has 1 aliphatic rings. The monoisotopic (exact) mass is 361 g/mol. The molecule has 8 heteroatoms. The van der Waals surface area contributed by atoms with Crippen molar-refractivity contribution in [1.29, 1.82) is 0 Å². The molecular weight excluding hydrogens is 342 g/mol. The molecule has 0 aromatic carbocycles. The second-order valence-corrected chi connectivity index (χ2v) is 6.40. The first-order valence-electron chi connectivity index (χ1n) is 8.26. The van der Waals surface area contributed by atoms with E-state index in [9.17, 15) is 9.59 Å². The summed E-state index contributed by atoms with van der Waals surface area (Å²) in [6.07, 6.45) is 8.37. The number of hydrogen-bond donors (Lipinski definition) is 0. The van der Waals surface area contributed by atoms with Gasteiger partial charge in [0, 0.05) is 26.2 Å². The van der Waals surface area contributed by atoms with Gasteiger partial charge in [0.25, 0.3) is 0 Å². The molecular formula is C17H20ClN5O2. The molecule has 132 valence electrons. The first-order chi connectivity index (χ1) is 12.1. The zero-order chi connectivity index (χ0) is 17.8. The lowest BCUT2D eigenvalue weighted by Gasteiger charge is -2.23. The Morgan fingerprint density at radius 1 is 1.36 bits per heavy atom. The molecule has 3 rings (SSSR count). The number of pyridine rings is 1. The van der Waals surface area contributed by atoms with Crippen LogP contribution in [0.2, 0.25) is 5.15 Å². The van der Waals surface area contributed by atoms with Gasteiger partial charge in [-0.3, -0.25) is 14.6 Å². The summed E-state index contributed by atoms with van der Waals surface area (Å²) in [5, 5.41) is 4.45. The Labute approximate surface area is 151 Å². The lowest BCUT2D eigenvalue weighted by atomic mass is 10.2. The fraction of sp³-hybridized carbons (Fsp3) is 0.412. The lowest BCUT2D eigenvalue weighted by Crippen LogP contribution is -2.41. The highest BCUT2D eigenvalue weighted by molar-refractivity contribution is 6.32. The number of carbonyl (C=O) groups excluding carboxylic acids is 2. The highest BCUT2D eigenvalue weighted by Gasteiger charge is 2.23. The minimum atomic E-state index is -0.192. The van der Waals surface area contributed by atoms with Gasteiger partial charge in [0.1, 0.15) is 12.2 Å². The summed E-state index contributed by atoms with van der Waals surface area (Å²) in [5.74, 6) is -0.153. The number of anilines is 1. The minimum absolute atomic E-state index is 0.0383. The van der Waals surface area contributed by atoms with E-state index in [4.69, 9.17) is 11.6 Å². The smallest absolute Gasteiger partial charge is 0.246 e. The van der Waals surface area contributed by atoms with E-state index in [1.165, 1.54) is 4.90 Å². The van der Waals surface area contributed by atoms with Crippen molar-refractivity contribution in [3.8, 4) is 5.69 Å². The first-order valence-corrected chi connectivity index (χ1v) is 8.64. The van der Waals surface area contributed by atoms with E-state index in [1.54, 1.807) is 41.3 Å².